The van der Waals surface area contributed by atoms with Gasteiger partial charge in [0.2, 0.25) is 0 Å². The molecule has 1 aliphatic heterocycles. The molecule has 17 heavy (non-hydrogen) atoms. The summed E-state index contributed by atoms with van der Waals surface area (Å²) >= 11 is 0. The molecule has 0 bridgehead atoms. The van der Waals surface area contributed by atoms with Gasteiger partial charge in [0, 0.05) is 13.1 Å². The van der Waals surface area contributed by atoms with Crippen LogP contribution in [0.3, 0.4) is 0 Å². The average Bonchev–Trinajstić information content (AvgIpc) is 2.73. The Balaban J connectivity index is 1.91. The Labute approximate surface area is 105 Å². The molecule has 2 rings (SSSR count). The maximum atomic E-state index is 5.85. The molecule has 0 spiro atoms. The molecule has 1 saturated heterocycles. The third kappa shape index (κ3) is 3.08. The second-order valence-electron chi connectivity index (χ2n) is 5.81. The van der Waals surface area contributed by atoms with E-state index in [1.54, 1.807) is 0 Å². The summed E-state index contributed by atoms with van der Waals surface area (Å²) < 4.78 is 0. The first-order valence-electron chi connectivity index (χ1n) is 6.60. The molecule has 1 heterocycles. The lowest BCUT2D eigenvalue weighted by Gasteiger charge is -2.24. The molecule has 2 heteroatoms. The van der Waals surface area contributed by atoms with E-state index in [0.29, 0.717) is 11.3 Å². The van der Waals surface area contributed by atoms with Gasteiger partial charge < -0.3 is 10.6 Å². The summed E-state index contributed by atoms with van der Waals surface area (Å²) in [6.45, 7) is 8.93. The van der Waals surface area contributed by atoms with Crippen LogP contribution in [0.5, 0.6) is 0 Å². The Bertz CT molecular complexity index is 349. The Morgan fingerprint density at radius 3 is 2.65 bits per heavy atom. The molecule has 0 saturated carbocycles. The van der Waals surface area contributed by atoms with E-state index in [2.05, 4.69) is 49.1 Å². The first-order chi connectivity index (χ1) is 8.13. The smallest absolute Gasteiger partial charge is 0.00481 e. The normalized spacial score (nSPS) is 27.2. The molecule has 2 N–H and O–H groups in total. The van der Waals surface area contributed by atoms with E-state index in [1.807, 2.05) is 0 Å². The van der Waals surface area contributed by atoms with Gasteiger partial charge in [-0.05, 0) is 36.4 Å². The largest absolute Gasteiger partial charge is 0.330 e. The maximum absolute atomic E-state index is 5.85. The Morgan fingerprint density at radius 2 is 2.06 bits per heavy atom. The molecule has 1 aliphatic rings. The van der Waals surface area contributed by atoms with Crippen molar-refractivity contribution in [2.24, 2.45) is 11.1 Å². The topological polar surface area (TPSA) is 29.3 Å². The highest BCUT2D eigenvalue weighted by molar-refractivity contribution is 5.19. The quantitative estimate of drug-likeness (QED) is 0.864. The SMILES string of the molecule is CC(CN1CCC(C)(CN)C1)c1ccccc1. The number of rotatable bonds is 4. The van der Waals surface area contributed by atoms with Crippen molar-refractivity contribution in [2.45, 2.75) is 26.2 Å². The van der Waals surface area contributed by atoms with E-state index in [-0.39, 0.29) is 0 Å². The Morgan fingerprint density at radius 1 is 1.35 bits per heavy atom. The number of likely N-dealkylation sites (tertiary alicyclic amines) is 1. The van der Waals surface area contributed by atoms with Gasteiger partial charge in [-0.2, -0.15) is 0 Å². The Kier molecular flexibility index (Phi) is 3.85. The molecular weight excluding hydrogens is 208 g/mol. The Hall–Kier alpha value is -0.860. The highest BCUT2D eigenvalue weighted by Gasteiger charge is 2.32. The summed E-state index contributed by atoms with van der Waals surface area (Å²) in [6, 6.07) is 10.8. The van der Waals surface area contributed by atoms with Crippen molar-refractivity contribution < 1.29 is 0 Å². The zero-order valence-corrected chi connectivity index (χ0v) is 11.0. The summed E-state index contributed by atoms with van der Waals surface area (Å²) in [5, 5.41) is 0. The predicted molar refractivity (Wildman–Crippen MR) is 73.1 cm³/mol. The highest BCUT2D eigenvalue weighted by atomic mass is 15.2. The summed E-state index contributed by atoms with van der Waals surface area (Å²) in [5.74, 6) is 0.608. The number of hydrogen-bond donors (Lipinski definition) is 1. The third-order valence-electron chi connectivity index (χ3n) is 4.03. The van der Waals surface area contributed by atoms with Crippen molar-refractivity contribution in [1.29, 1.82) is 0 Å². The lowest BCUT2D eigenvalue weighted by molar-refractivity contribution is 0.270. The second kappa shape index (κ2) is 5.19. The fourth-order valence-corrected chi connectivity index (χ4v) is 2.72. The molecule has 0 aliphatic carbocycles. The van der Waals surface area contributed by atoms with Gasteiger partial charge in [-0.3, -0.25) is 0 Å². The lowest BCUT2D eigenvalue weighted by atomic mass is 9.90. The van der Waals surface area contributed by atoms with Crippen molar-refractivity contribution in [3.05, 3.63) is 35.9 Å². The van der Waals surface area contributed by atoms with Crippen LogP contribution in [-0.4, -0.2) is 31.1 Å². The summed E-state index contributed by atoms with van der Waals surface area (Å²) in [6.07, 6.45) is 1.24. The summed E-state index contributed by atoms with van der Waals surface area (Å²) in [7, 11) is 0. The van der Waals surface area contributed by atoms with Crippen molar-refractivity contribution in [1.82, 2.24) is 4.90 Å². The van der Waals surface area contributed by atoms with Crippen LogP contribution < -0.4 is 5.73 Å². The first kappa shape index (κ1) is 12.6. The van der Waals surface area contributed by atoms with Crippen molar-refractivity contribution in [2.75, 3.05) is 26.2 Å². The van der Waals surface area contributed by atoms with Crippen molar-refractivity contribution >= 4 is 0 Å². The molecule has 0 amide bonds. The minimum Gasteiger partial charge on any atom is -0.330 e. The third-order valence-corrected chi connectivity index (χ3v) is 4.03. The van der Waals surface area contributed by atoms with Gasteiger partial charge in [0.05, 0.1) is 0 Å². The molecule has 0 radical (unpaired) electrons. The van der Waals surface area contributed by atoms with Crippen LogP contribution in [0.15, 0.2) is 30.3 Å². The van der Waals surface area contributed by atoms with E-state index in [0.717, 1.165) is 19.6 Å². The van der Waals surface area contributed by atoms with Gasteiger partial charge in [0.1, 0.15) is 0 Å². The summed E-state index contributed by atoms with van der Waals surface area (Å²) in [4.78, 5) is 2.56. The number of nitrogens with two attached hydrogens (primary N) is 1. The fraction of sp³-hybridized carbons (Fsp3) is 0.600. The second-order valence-corrected chi connectivity index (χ2v) is 5.81. The molecule has 2 unspecified atom stereocenters. The molecule has 94 valence electrons. The molecule has 0 aromatic heterocycles. The van der Waals surface area contributed by atoms with Crippen LogP contribution in [0.4, 0.5) is 0 Å². The van der Waals surface area contributed by atoms with Gasteiger partial charge in [0.25, 0.3) is 0 Å². The number of benzene rings is 1. The van der Waals surface area contributed by atoms with Gasteiger partial charge >= 0.3 is 0 Å². The molecule has 2 atom stereocenters. The summed E-state index contributed by atoms with van der Waals surface area (Å²) in [5.41, 5.74) is 7.63. The standard InChI is InChI=1S/C15H24N2/c1-13(14-6-4-3-5-7-14)10-17-9-8-15(2,11-16)12-17/h3-7,13H,8-12,16H2,1-2H3. The first-order valence-corrected chi connectivity index (χ1v) is 6.60. The minimum absolute atomic E-state index is 0.344. The van der Waals surface area contributed by atoms with Crippen LogP contribution in [-0.2, 0) is 0 Å². The van der Waals surface area contributed by atoms with Gasteiger partial charge in [-0.15, -0.1) is 0 Å². The molecule has 2 nitrogen and oxygen atoms in total. The van der Waals surface area contributed by atoms with Gasteiger partial charge in [-0.1, -0.05) is 44.2 Å². The van der Waals surface area contributed by atoms with E-state index in [1.165, 1.54) is 18.5 Å². The minimum atomic E-state index is 0.344. The molecule has 1 fully saturated rings. The van der Waals surface area contributed by atoms with Crippen LogP contribution in [0.1, 0.15) is 31.7 Å². The zero-order chi connectivity index (χ0) is 12.3. The van der Waals surface area contributed by atoms with Crippen molar-refractivity contribution in [3.63, 3.8) is 0 Å². The molecule has 1 aromatic rings. The van der Waals surface area contributed by atoms with Crippen LogP contribution in [0, 0.1) is 5.41 Å². The number of nitrogens with zero attached hydrogens (tertiary/aromatic N) is 1. The van der Waals surface area contributed by atoms with E-state index in [4.69, 9.17) is 5.73 Å². The number of hydrogen-bond acceptors (Lipinski definition) is 2. The van der Waals surface area contributed by atoms with E-state index in [9.17, 15) is 0 Å². The average molecular weight is 232 g/mol. The molecular formula is C15H24N2. The van der Waals surface area contributed by atoms with E-state index >= 15 is 0 Å². The van der Waals surface area contributed by atoms with Crippen molar-refractivity contribution in [3.8, 4) is 0 Å². The van der Waals surface area contributed by atoms with E-state index < -0.39 is 0 Å². The molecule has 1 aromatic carbocycles. The van der Waals surface area contributed by atoms with Crippen LogP contribution in [0.2, 0.25) is 0 Å². The predicted octanol–water partition coefficient (Wildman–Crippen LogP) is 2.46. The monoisotopic (exact) mass is 232 g/mol. The maximum Gasteiger partial charge on any atom is 0.00481 e. The van der Waals surface area contributed by atoms with Crippen LogP contribution in [0.25, 0.3) is 0 Å². The zero-order valence-electron chi connectivity index (χ0n) is 11.0. The van der Waals surface area contributed by atoms with Gasteiger partial charge in [-0.25, -0.2) is 0 Å². The van der Waals surface area contributed by atoms with Crippen LogP contribution >= 0.6 is 0 Å². The van der Waals surface area contributed by atoms with Gasteiger partial charge in [0.15, 0.2) is 0 Å². The highest BCUT2D eigenvalue weighted by Crippen LogP contribution is 2.30. The lowest BCUT2D eigenvalue weighted by Crippen LogP contribution is -2.32. The fourth-order valence-electron chi connectivity index (χ4n) is 2.72.